The molecule has 0 radical (unpaired) electrons. The molecule has 0 aromatic carbocycles. The normalized spacial score (nSPS) is 18.8. The summed E-state index contributed by atoms with van der Waals surface area (Å²) in [4.78, 5) is 5.09. The van der Waals surface area contributed by atoms with E-state index >= 15 is 0 Å². The Bertz CT molecular complexity index is 221. The van der Waals surface area contributed by atoms with Crippen molar-refractivity contribution in [1.82, 2.24) is 9.80 Å². The number of thiol groups is 2. The van der Waals surface area contributed by atoms with Crippen molar-refractivity contribution in [2.24, 2.45) is 0 Å². The summed E-state index contributed by atoms with van der Waals surface area (Å²) < 4.78 is 0.119. The van der Waals surface area contributed by atoms with Crippen molar-refractivity contribution in [2.45, 2.75) is 50.0 Å². The van der Waals surface area contributed by atoms with Gasteiger partial charge < -0.3 is 4.90 Å². The highest BCUT2D eigenvalue weighted by atomic mass is 32.1. The van der Waals surface area contributed by atoms with E-state index in [4.69, 9.17) is 0 Å². The van der Waals surface area contributed by atoms with Crippen molar-refractivity contribution in [2.75, 3.05) is 39.3 Å². The van der Waals surface area contributed by atoms with E-state index in [1.807, 2.05) is 0 Å². The number of hydrogen-bond acceptors (Lipinski definition) is 4. The van der Waals surface area contributed by atoms with Crippen LogP contribution in [0.2, 0.25) is 0 Å². The molecule has 1 aliphatic rings. The maximum Gasteiger partial charge on any atom is 0.0200 e. The van der Waals surface area contributed by atoms with Crippen molar-refractivity contribution in [3.63, 3.8) is 0 Å². The molecule has 1 heterocycles. The third-order valence-electron chi connectivity index (χ3n) is 3.15. The minimum absolute atomic E-state index is 0.0596. The van der Waals surface area contributed by atoms with Crippen LogP contribution in [-0.2, 0) is 0 Å². The molecule has 2 nitrogen and oxygen atoms in total. The zero-order chi connectivity index (χ0) is 13.8. The molecule has 0 amide bonds. The summed E-state index contributed by atoms with van der Waals surface area (Å²) in [5, 5.41) is 0. The second-order valence-electron chi connectivity index (χ2n) is 6.88. The highest BCUT2D eigenvalue weighted by molar-refractivity contribution is 7.82. The SMILES string of the molecule is CC(C)(S)CN(CCN1CCCC1)CC(C)(C)S. The number of likely N-dealkylation sites (tertiary alicyclic amines) is 1. The predicted octanol–water partition coefficient (Wildman–Crippen LogP) is 2.80. The lowest BCUT2D eigenvalue weighted by atomic mass is 10.1. The van der Waals surface area contributed by atoms with E-state index in [1.54, 1.807) is 0 Å². The molecule has 0 aliphatic carbocycles. The first-order valence-electron chi connectivity index (χ1n) is 7.05. The summed E-state index contributed by atoms with van der Waals surface area (Å²) in [5.74, 6) is 0. The molecule has 0 atom stereocenters. The van der Waals surface area contributed by atoms with Gasteiger partial charge in [0.05, 0.1) is 0 Å². The first-order valence-corrected chi connectivity index (χ1v) is 7.95. The molecule has 0 N–H and O–H groups in total. The molecule has 1 rings (SSSR count). The first-order chi connectivity index (χ1) is 8.16. The largest absolute Gasteiger partial charge is 0.302 e. The smallest absolute Gasteiger partial charge is 0.0200 e. The van der Waals surface area contributed by atoms with Crippen LogP contribution in [0, 0.1) is 0 Å². The number of nitrogens with zero attached hydrogens (tertiary/aromatic N) is 2. The van der Waals surface area contributed by atoms with Gasteiger partial charge in [-0.3, -0.25) is 4.90 Å². The molecule has 0 spiro atoms. The minimum Gasteiger partial charge on any atom is -0.302 e. The van der Waals surface area contributed by atoms with Gasteiger partial charge in [0.15, 0.2) is 0 Å². The second kappa shape index (κ2) is 6.87. The van der Waals surface area contributed by atoms with Crippen LogP contribution in [0.15, 0.2) is 0 Å². The van der Waals surface area contributed by atoms with E-state index in [0.717, 1.165) is 19.6 Å². The van der Waals surface area contributed by atoms with E-state index in [-0.39, 0.29) is 9.49 Å². The Morgan fingerprint density at radius 3 is 1.78 bits per heavy atom. The van der Waals surface area contributed by atoms with E-state index in [9.17, 15) is 0 Å². The van der Waals surface area contributed by atoms with Crippen LogP contribution in [0.25, 0.3) is 0 Å². The lowest BCUT2D eigenvalue weighted by Gasteiger charge is -2.34. The maximum absolute atomic E-state index is 4.67. The monoisotopic (exact) mass is 290 g/mol. The Morgan fingerprint density at radius 2 is 1.39 bits per heavy atom. The summed E-state index contributed by atoms with van der Waals surface area (Å²) >= 11 is 9.33. The van der Waals surface area contributed by atoms with Gasteiger partial charge in [0.25, 0.3) is 0 Å². The molecular formula is C14H30N2S2. The number of hydrogen-bond donors (Lipinski definition) is 2. The van der Waals surface area contributed by atoms with E-state index in [0.29, 0.717) is 0 Å². The van der Waals surface area contributed by atoms with Gasteiger partial charge in [0, 0.05) is 35.7 Å². The second-order valence-corrected chi connectivity index (χ2v) is 9.31. The van der Waals surface area contributed by atoms with Crippen LogP contribution >= 0.6 is 25.3 Å². The Balaban J connectivity index is 2.43. The van der Waals surface area contributed by atoms with Crippen LogP contribution in [-0.4, -0.2) is 58.6 Å². The van der Waals surface area contributed by atoms with Gasteiger partial charge in [-0.2, -0.15) is 25.3 Å². The zero-order valence-electron chi connectivity index (χ0n) is 12.4. The van der Waals surface area contributed by atoms with Gasteiger partial charge >= 0.3 is 0 Å². The summed E-state index contributed by atoms with van der Waals surface area (Å²) in [7, 11) is 0. The van der Waals surface area contributed by atoms with Crippen LogP contribution in [0.1, 0.15) is 40.5 Å². The average Bonchev–Trinajstić information content (AvgIpc) is 2.61. The van der Waals surface area contributed by atoms with Crippen molar-refractivity contribution >= 4 is 25.3 Å². The molecule has 0 aromatic heterocycles. The third-order valence-corrected chi connectivity index (χ3v) is 3.44. The van der Waals surface area contributed by atoms with Crippen molar-refractivity contribution in [1.29, 1.82) is 0 Å². The molecule has 0 aromatic rings. The Hall–Kier alpha value is 0.620. The molecule has 108 valence electrons. The molecule has 1 fully saturated rings. The molecule has 0 bridgehead atoms. The van der Waals surface area contributed by atoms with Crippen molar-refractivity contribution < 1.29 is 0 Å². The highest BCUT2D eigenvalue weighted by Gasteiger charge is 2.23. The fourth-order valence-electron chi connectivity index (χ4n) is 2.60. The first kappa shape index (κ1) is 16.7. The summed E-state index contributed by atoms with van der Waals surface area (Å²) in [5.41, 5.74) is 0. The van der Waals surface area contributed by atoms with Crippen LogP contribution < -0.4 is 0 Å². The Labute approximate surface area is 124 Å². The minimum atomic E-state index is 0.0596. The molecule has 1 aliphatic heterocycles. The van der Waals surface area contributed by atoms with Gasteiger partial charge in [0.2, 0.25) is 0 Å². The molecule has 4 heteroatoms. The molecule has 18 heavy (non-hydrogen) atoms. The average molecular weight is 291 g/mol. The molecule has 0 unspecified atom stereocenters. The van der Waals surface area contributed by atoms with E-state index in [2.05, 4.69) is 62.8 Å². The maximum atomic E-state index is 4.67. The van der Waals surface area contributed by atoms with Gasteiger partial charge in [-0.25, -0.2) is 0 Å². The molecule has 1 saturated heterocycles. The summed E-state index contributed by atoms with van der Waals surface area (Å²) in [6.45, 7) is 15.7. The zero-order valence-corrected chi connectivity index (χ0v) is 14.2. The fraction of sp³-hybridized carbons (Fsp3) is 1.00. The van der Waals surface area contributed by atoms with Gasteiger partial charge in [-0.1, -0.05) is 0 Å². The van der Waals surface area contributed by atoms with Gasteiger partial charge in [0.1, 0.15) is 0 Å². The van der Waals surface area contributed by atoms with Crippen LogP contribution in [0.3, 0.4) is 0 Å². The standard InChI is InChI=1S/C14H30N2S2/c1-13(2,17)11-16(12-14(3,4)18)10-9-15-7-5-6-8-15/h17-18H,5-12H2,1-4H3. The Morgan fingerprint density at radius 1 is 0.944 bits per heavy atom. The van der Waals surface area contributed by atoms with Crippen LogP contribution in [0.5, 0.6) is 0 Å². The topological polar surface area (TPSA) is 6.48 Å². The lowest BCUT2D eigenvalue weighted by molar-refractivity contribution is 0.204. The summed E-state index contributed by atoms with van der Waals surface area (Å²) in [6.07, 6.45) is 2.74. The Kier molecular flexibility index (Phi) is 6.36. The summed E-state index contributed by atoms with van der Waals surface area (Å²) in [6, 6.07) is 0. The third kappa shape index (κ3) is 7.93. The quantitative estimate of drug-likeness (QED) is 0.696. The lowest BCUT2D eigenvalue weighted by Crippen LogP contribution is -2.44. The molecular weight excluding hydrogens is 260 g/mol. The fourth-order valence-corrected chi connectivity index (χ4v) is 3.00. The van der Waals surface area contributed by atoms with Crippen molar-refractivity contribution in [3.05, 3.63) is 0 Å². The van der Waals surface area contributed by atoms with Crippen LogP contribution in [0.4, 0.5) is 0 Å². The van der Waals surface area contributed by atoms with Gasteiger partial charge in [-0.05, 0) is 53.6 Å². The van der Waals surface area contributed by atoms with E-state index < -0.39 is 0 Å². The predicted molar refractivity (Wildman–Crippen MR) is 88.2 cm³/mol. The molecule has 0 saturated carbocycles. The number of rotatable bonds is 7. The van der Waals surface area contributed by atoms with E-state index in [1.165, 1.54) is 32.5 Å². The van der Waals surface area contributed by atoms with Gasteiger partial charge in [-0.15, -0.1) is 0 Å². The van der Waals surface area contributed by atoms with Crippen molar-refractivity contribution in [3.8, 4) is 0 Å². The highest BCUT2D eigenvalue weighted by Crippen LogP contribution is 2.19.